The van der Waals surface area contributed by atoms with E-state index in [1.54, 1.807) is 4.90 Å². The second-order valence-corrected chi connectivity index (χ2v) is 7.28. The van der Waals surface area contributed by atoms with Gasteiger partial charge in [0.25, 0.3) is 0 Å². The van der Waals surface area contributed by atoms with Crippen LogP contribution in [0.15, 0.2) is 24.3 Å². The number of carboxylic acid groups (broad SMARTS) is 1. The molecular weight excluding hydrogens is 290 g/mol. The molecule has 1 aliphatic carbocycles. The van der Waals surface area contributed by atoms with Gasteiger partial charge in [0.1, 0.15) is 0 Å². The van der Waals surface area contributed by atoms with Gasteiger partial charge in [0, 0.05) is 18.5 Å². The highest BCUT2D eigenvalue weighted by Crippen LogP contribution is 2.49. The Labute approximate surface area is 137 Å². The number of rotatable bonds is 4. The Kier molecular flexibility index (Phi) is 4.17. The maximum Gasteiger partial charge on any atom is 0.308 e. The van der Waals surface area contributed by atoms with Crippen molar-refractivity contribution in [3.63, 3.8) is 0 Å². The number of amides is 1. The third-order valence-corrected chi connectivity index (χ3v) is 5.49. The van der Waals surface area contributed by atoms with Gasteiger partial charge in [-0.15, -0.1) is 0 Å². The Morgan fingerprint density at radius 1 is 1.17 bits per heavy atom. The van der Waals surface area contributed by atoms with Crippen molar-refractivity contribution in [3.05, 3.63) is 35.4 Å². The summed E-state index contributed by atoms with van der Waals surface area (Å²) in [5.74, 6) is -0.209. The van der Waals surface area contributed by atoms with Crippen molar-refractivity contribution in [2.24, 2.45) is 11.8 Å². The molecule has 0 aromatic heterocycles. The van der Waals surface area contributed by atoms with Crippen LogP contribution in [0.25, 0.3) is 0 Å². The summed E-state index contributed by atoms with van der Waals surface area (Å²) in [5, 5.41) is 9.20. The second-order valence-electron chi connectivity index (χ2n) is 7.28. The van der Waals surface area contributed by atoms with Gasteiger partial charge in [-0.25, -0.2) is 0 Å². The van der Waals surface area contributed by atoms with Gasteiger partial charge in [-0.3, -0.25) is 9.59 Å². The number of likely N-dealkylation sites (tertiary alicyclic amines) is 1. The molecule has 1 saturated carbocycles. The molecule has 4 heteroatoms. The summed E-state index contributed by atoms with van der Waals surface area (Å²) in [6.45, 7) is 6.78. The standard InChI is InChI=1S/C19H25NO3/c1-11(2)13-4-6-14(7-5-13)16-10-17(16)18(21)20-9-8-15(12(20)3)19(22)23/h4-7,11-12,15-17H,8-10H2,1-3H3,(H,22,23). The van der Waals surface area contributed by atoms with Crippen LogP contribution in [0, 0.1) is 11.8 Å². The molecule has 2 aliphatic rings. The molecule has 0 spiro atoms. The largest absolute Gasteiger partial charge is 0.481 e. The molecule has 1 heterocycles. The molecule has 0 radical (unpaired) electrons. The Morgan fingerprint density at radius 2 is 1.83 bits per heavy atom. The van der Waals surface area contributed by atoms with Crippen LogP contribution >= 0.6 is 0 Å². The fraction of sp³-hybridized carbons (Fsp3) is 0.579. The van der Waals surface area contributed by atoms with E-state index in [0.29, 0.717) is 24.8 Å². The van der Waals surface area contributed by atoms with Gasteiger partial charge in [0.05, 0.1) is 5.92 Å². The monoisotopic (exact) mass is 315 g/mol. The highest BCUT2D eigenvalue weighted by atomic mass is 16.4. The van der Waals surface area contributed by atoms with Gasteiger partial charge in [-0.05, 0) is 42.7 Å². The molecule has 4 unspecified atom stereocenters. The molecule has 1 aromatic rings. The van der Waals surface area contributed by atoms with E-state index in [1.165, 1.54) is 11.1 Å². The summed E-state index contributed by atoms with van der Waals surface area (Å²) in [4.78, 5) is 25.7. The van der Waals surface area contributed by atoms with Crippen LogP contribution in [-0.4, -0.2) is 34.5 Å². The number of hydrogen-bond donors (Lipinski definition) is 1. The lowest BCUT2D eigenvalue weighted by Gasteiger charge is -2.23. The minimum absolute atomic E-state index is 0.0369. The van der Waals surface area contributed by atoms with Crippen molar-refractivity contribution in [1.82, 2.24) is 4.90 Å². The van der Waals surface area contributed by atoms with E-state index in [-0.39, 0.29) is 17.9 Å². The summed E-state index contributed by atoms with van der Waals surface area (Å²) in [6.07, 6.45) is 1.46. The molecule has 4 atom stereocenters. The Balaban J connectivity index is 1.64. The number of nitrogens with zero attached hydrogens (tertiary/aromatic N) is 1. The van der Waals surface area contributed by atoms with Gasteiger partial charge >= 0.3 is 5.97 Å². The Hall–Kier alpha value is -1.84. The second kappa shape index (κ2) is 5.99. The topological polar surface area (TPSA) is 57.6 Å². The highest BCUT2D eigenvalue weighted by Gasteiger charge is 2.49. The molecule has 3 rings (SSSR count). The minimum Gasteiger partial charge on any atom is -0.481 e. The number of aliphatic carboxylic acids is 1. The van der Waals surface area contributed by atoms with Crippen LogP contribution in [0.3, 0.4) is 0 Å². The Bertz CT molecular complexity index is 608. The van der Waals surface area contributed by atoms with Crippen molar-refractivity contribution in [1.29, 1.82) is 0 Å². The zero-order valence-corrected chi connectivity index (χ0v) is 14.0. The summed E-state index contributed by atoms with van der Waals surface area (Å²) in [7, 11) is 0. The van der Waals surface area contributed by atoms with Gasteiger partial charge in [0.15, 0.2) is 0 Å². The zero-order valence-electron chi connectivity index (χ0n) is 14.0. The maximum atomic E-state index is 12.7. The fourth-order valence-electron chi connectivity index (χ4n) is 3.76. The summed E-state index contributed by atoms with van der Waals surface area (Å²) in [5.41, 5.74) is 2.55. The number of carbonyl (C=O) groups is 2. The zero-order chi connectivity index (χ0) is 16.7. The van der Waals surface area contributed by atoms with E-state index in [9.17, 15) is 14.7 Å². The van der Waals surface area contributed by atoms with Crippen molar-refractivity contribution >= 4 is 11.9 Å². The average Bonchev–Trinajstić information content (AvgIpc) is 3.22. The molecule has 4 nitrogen and oxygen atoms in total. The highest BCUT2D eigenvalue weighted by molar-refractivity contribution is 5.84. The fourth-order valence-corrected chi connectivity index (χ4v) is 3.76. The van der Waals surface area contributed by atoms with Crippen LogP contribution in [0.5, 0.6) is 0 Å². The molecule has 0 bridgehead atoms. The van der Waals surface area contributed by atoms with Crippen LogP contribution in [-0.2, 0) is 9.59 Å². The predicted octanol–water partition coefficient (Wildman–Crippen LogP) is 3.24. The lowest BCUT2D eigenvalue weighted by Crippen LogP contribution is -2.38. The molecule has 1 amide bonds. The quantitative estimate of drug-likeness (QED) is 0.928. The van der Waals surface area contributed by atoms with E-state index >= 15 is 0 Å². The third kappa shape index (κ3) is 2.99. The molecule has 1 N–H and O–H groups in total. The van der Waals surface area contributed by atoms with Crippen molar-refractivity contribution in [2.75, 3.05) is 6.54 Å². The van der Waals surface area contributed by atoms with Crippen LogP contribution in [0.1, 0.15) is 56.6 Å². The van der Waals surface area contributed by atoms with Crippen molar-refractivity contribution in [3.8, 4) is 0 Å². The molecule has 1 saturated heterocycles. The molecule has 23 heavy (non-hydrogen) atoms. The number of hydrogen-bond acceptors (Lipinski definition) is 2. The minimum atomic E-state index is -0.788. The lowest BCUT2D eigenvalue weighted by atomic mass is 9.99. The first kappa shape index (κ1) is 16.0. The van der Waals surface area contributed by atoms with E-state index in [4.69, 9.17) is 0 Å². The molecule has 124 valence electrons. The van der Waals surface area contributed by atoms with E-state index in [1.807, 2.05) is 6.92 Å². The average molecular weight is 315 g/mol. The normalized spacial score (nSPS) is 29.8. The van der Waals surface area contributed by atoms with Crippen LogP contribution in [0.2, 0.25) is 0 Å². The number of carbonyl (C=O) groups excluding carboxylic acids is 1. The first-order chi connectivity index (χ1) is 10.9. The van der Waals surface area contributed by atoms with E-state index in [2.05, 4.69) is 38.1 Å². The Morgan fingerprint density at radius 3 is 2.35 bits per heavy atom. The lowest BCUT2D eigenvalue weighted by molar-refractivity contribution is -0.143. The summed E-state index contributed by atoms with van der Waals surface area (Å²) >= 11 is 0. The van der Waals surface area contributed by atoms with Crippen molar-refractivity contribution in [2.45, 2.75) is 51.5 Å². The predicted molar refractivity (Wildman–Crippen MR) is 88.3 cm³/mol. The smallest absolute Gasteiger partial charge is 0.308 e. The summed E-state index contributed by atoms with van der Waals surface area (Å²) < 4.78 is 0. The molecule has 1 aromatic carbocycles. The van der Waals surface area contributed by atoms with Crippen molar-refractivity contribution < 1.29 is 14.7 Å². The molecule has 1 aliphatic heterocycles. The first-order valence-electron chi connectivity index (χ1n) is 8.53. The van der Waals surface area contributed by atoms with Crippen LogP contribution < -0.4 is 0 Å². The van der Waals surface area contributed by atoms with E-state index in [0.717, 1.165) is 6.42 Å². The van der Waals surface area contributed by atoms with Gasteiger partial charge in [-0.2, -0.15) is 0 Å². The number of carboxylic acids is 1. The SMILES string of the molecule is CC(C)c1ccc(C2CC2C(=O)N2CCC(C(=O)O)C2C)cc1. The number of benzene rings is 1. The molecular formula is C19H25NO3. The van der Waals surface area contributed by atoms with Gasteiger partial charge in [-0.1, -0.05) is 38.1 Å². The van der Waals surface area contributed by atoms with Gasteiger partial charge in [0.2, 0.25) is 5.91 Å². The molecule has 2 fully saturated rings. The first-order valence-corrected chi connectivity index (χ1v) is 8.53. The van der Waals surface area contributed by atoms with Gasteiger partial charge < -0.3 is 10.0 Å². The van der Waals surface area contributed by atoms with Crippen LogP contribution in [0.4, 0.5) is 0 Å². The summed E-state index contributed by atoms with van der Waals surface area (Å²) in [6, 6.07) is 8.39. The maximum absolute atomic E-state index is 12.7. The van der Waals surface area contributed by atoms with E-state index < -0.39 is 11.9 Å². The third-order valence-electron chi connectivity index (χ3n) is 5.49.